The van der Waals surface area contributed by atoms with Crippen LogP contribution in [-0.2, 0) is 4.74 Å². The largest absolute Gasteiger partial charge is 0.497 e. The van der Waals surface area contributed by atoms with E-state index in [0.29, 0.717) is 35.1 Å². The zero-order valence-electron chi connectivity index (χ0n) is 19.7. The van der Waals surface area contributed by atoms with Crippen LogP contribution in [0.15, 0.2) is 77.8 Å². The summed E-state index contributed by atoms with van der Waals surface area (Å²) in [4.78, 5) is 29.0. The van der Waals surface area contributed by atoms with Gasteiger partial charge in [-0.1, -0.05) is 13.8 Å². The molecule has 0 heterocycles. The van der Waals surface area contributed by atoms with Crippen LogP contribution >= 0.6 is 0 Å². The molecule has 0 radical (unpaired) electrons. The van der Waals surface area contributed by atoms with Gasteiger partial charge in [0.15, 0.2) is 0 Å². The molecule has 3 rings (SSSR count). The summed E-state index contributed by atoms with van der Waals surface area (Å²) in [6.07, 6.45) is 3.59. The molecule has 0 fully saturated rings. The molecule has 3 aromatic carbocycles. The fourth-order valence-corrected chi connectivity index (χ4v) is 3.09. The van der Waals surface area contributed by atoms with Crippen molar-refractivity contribution in [1.29, 1.82) is 0 Å². The summed E-state index contributed by atoms with van der Waals surface area (Å²) in [5.74, 6) is 0.840. The number of esters is 2. The number of carbonyl (C=O) groups is 2. The molecule has 0 amide bonds. The maximum absolute atomic E-state index is 12.4. The fraction of sp³-hybridized carbons (Fsp3) is 0.250. The van der Waals surface area contributed by atoms with Gasteiger partial charge in [-0.3, -0.25) is 4.99 Å². The Labute approximate surface area is 200 Å². The number of carbonyl (C=O) groups excluding carboxylic acids is 2. The van der Waals surface area contributed by atoms with E-state index in [1.807, 2.05) is 24.3 Å². The molecule has 0 aliphatic heterocycles. The molecule has 0 bridgehead atoms. The molecule has 0 aliphatic carbocycles. The van der Waals surface area contributed by atoms with E-state index >= 15 is 0 Å². The van der Waals surface area contributed by atoms with Crippen LogP contribution in [0, 0.1) is 5.92 Å². The first-order valence-corrected chi connectivity index (χ1v) is 11.2. The van der Waals surface area contributed by atoms with Gasteiger partial charge in [0.05, 0.1) is 30.5 Å². The highest BCUT2D eigenvalue weighted by Gasteiger charge is 2.11. The van der Waals surface area contributed by atoms with Gasteiger partial charge in [0, 0.05) is 6.21 Å². The first-order chi connectivity index (χ1) is 16.4. The second kappa shape index (κ2) is 12.3. The predicted molar refractivity (Wildman–Crippen MR) is 132 cm³/mol. The normalized spacial score (nSPS) is 10.9. The monoisotopic (exact) mass is 459 g/mol. The first-order valence-electron chi connectivity index (χ1n) is 11.2. The standard InChI is InChI=1S/C28H29NO5/c1-20(2)5-4-18-33-27(30)22-10-16-26(17-11-22)34-28(31)23-8-12-24(13-9-23)29-19-21-6-14-25(32-3)15-7-21/h6-17,19-20H,4-5,18H2,1-3H3. The number of aliphatic imine (C=N–C) groups is 1. The molecular weight excluding hydrogens is 430 g/mol. The van der Waals surface area contributed by atoms with E-state index in [-0.39, 0.29) is 5.97 Å². The summed E-state index contributed by atoms with van der Waals surface area (Å²) in [5.41, 5.74) is 2.47. The second-order valence-electron chi connectivity index (χ2n) is 8.16. The summed E-state index contributed by atoms with van der Waals surface area (Å²) in [6.45, 7) is 4.66. The first kappa shape index (κ1) is 24.7. The smallest absolute Gasteiger partial charge is 0.343 e. The number of rotatable bonds is 10. The van der Waals surface area contributed by atoms with Crippen molar-refractivity contribution < 1.29 is 23.8 Å². The molecule has 0 aromatic heterocycles. The van der Waals surface area contributed by atoms with Gasteiger partial charge in [-0.15, -0.1) is 0 Å². The minimum Gasteiger partial charge on any atom is -0.497 e. The third kappa shape index (κ3) is 7.59. The molecule has 0 atom stereocenters. The van der Waals surface area contributed by atoms with E-state index in [2.05, 4.69) is 18.8 Å². The fourth-order valence-electron chi connectivity index (χ4n) is 3.09. The van der Waals surface area contributed by atoms with Gasteiger partial charge in [-0.05, 0) is 97.1 Å². The van der Waals surface area contributed by atoms with Gasteiger partial charge < -0.3 is 14.2 Å². The van der Waals surface area contributed by atoms with Crippen molar-refractivity contribution in [3.05, 3.63) is 89.5 Å². The number of ether oxygens (including phenoxy) is 3. The average Bonchev–Trinajstić information content (AvgIpc) is 2.86. The molecule has 0 saturated carbocycles. The highest BCUT2D eigenvalue weighted by molar-refractivity contribution is 5.92. The quantitative estimate of drug-likeness (QED) is 0.155. The Bertz CT molecular complexity index is 1100. The van der Waals surface area contributed by atoms with Crippen LogP contribution in [-0.4, -0.2) is 31.9 Å². The highest BCUT2D eigenvalue weighted by atomic mass is 16.5. The van der Waals surface area contributed by atoms with E-state index in [1.165, 1.54) is 0 Å². The minimum absolute atomic E-state index is 0.350. The van der Waals surface area contributed by atoms with E-state index in [0.717, 1.165) is 24.2 Å². The van der Waals surface area contributed by atoms with Crippen molar-refractivity contribution in [3.8, 4) is 11.5 Å². The topological polar surface area (TPSA) is 74.2 Å². The Morgan fingerprint density at radius 2 is 1.41 bits per heavy atom. The zero-order chi connectivity index (χ0) is 24.3. The summed E-state index contributed by atoms with van der Waals surface area (Å²) >= 11 is 0. The van der Waals surface area contributed by atoms with Gasteiger partial charge in [0.1, 0.15) is 11.5 Å². The predicted octanol–water partition coefficient (Wildman–Crippen LogP) is 6.26. The van der Waals surface area contributed by atoms with Crippen LogP contribution < -0.4 is 9.47 Å². The number of hydrogen-bond acceptors (Lipinski definition) is 6. The summed E-state index contributed by atoms with van der Waals surface area (Å²) in [5, 5.41) is 0. The molecule has 0 unspecified atom stereocenters. The molecular formula is C28H29NO5. The van der Waals surface area contributed by atoms with E-state index in [9.17, 15) is 9.59 Å². The van der Waals surface area contributed by atoms with Crippen LogP contribution in [0.3, 0.4) is 0 Å². The maximum atomic E-state index is 12.4. The Hall–Kier alpha value is -3.93. The Morgan fingerprint density at radius 3 is 2.03 bits per heavy atom. The van der Waals surface area contributed by atoms with Crippen molar-refractivity contribution in [3.63, 3.8) is 0 Å². The number of benzene rings is 3. The number of hydrogen-bond donors (Lipinski definition) is 0. The molecule has 0 spiro atoms. The second-order valence-corrected chi connectivity index (χ2v) is 8.16. The van der Waals surface area contributed by atoms with Crippen molar-refractivity contribution in [1.82, 2.24) is 0 Å². The Kier molecular flexibility index (Phi) is 8.97. The van der Waals surface area contributed by atoms with Crippen LogP contribution in [0.5, 0.6) is 11.5 Å². The van der Waals surface area contributed by atoms with Crippen LogP contribution in [0.4, 0.5) is 5.69 Å². The molecule has 0 aliphatic rings. The molecule has 3 aromatic rings. The van der Waals surface area contributed by atoms with E-state index in [4.69, 9.17) is 14.2 Å². The lowest BCUT2D eigenvalue weighted by Crippen LogP contribution is -2.09. The van der Waals surface area contributed by atoms with Crippen molar-refractivity contribution in [2.45, 2.75) is 26.7 Å². The maximum Gasteiger partial charge on any atom is 0.343 e. The lowest BCUT2D eigenvalue weighted by Gasteiger charge is -2.08. The van der Waals surface area contributed by atoms with E-state index in [1.54, 1.807) is 61.9 Å². The molecule has 6 nitrogen and oxygen atoms in total. The van der Waals surface area contributed by atoms with Gasteiger partial charge >= 0.3 is 11.9 Å². The summed E-state index contributed by atoms with van der Waals surface area (Å²) < 4.78 is 15.8. The summed E-state index contributed by atoms with van der Waals surface area (Å²) in [6, 6.07) is 20.7. The number of methoxy groups -OCH3 is 1. The lowest BCUT2D eigenvalue weighted by molar-refractivity contribution is 0.0494. The van der Waals surface area contributed by atoms with Gasteiger partial charge in [-0.2, -0.15) is 0 Å². The van der Waals surface area contributed by atoms with E-state index < -0.39 is 5.97 Å². The SMILES string of the molecule is COc1ccc(C=Nc2ccc(C(=O)Oc3ccc(C(=O)OCCCC(C)C)cc3)cc2)cc1. The Balaban J connectivity index is 1.51. The summed E-state index contributed by atoms with van der Waals surface area (Å²) in [7, 11) is 1.62. The van der Waals surface area contributed by atoms with Crippen molar-refractivity contribution in [2.24, 2.45) is 10.9 Å². The lowest BCUT2D eigenvalue weighted by atomic mass is 10.1. The third-order valence-electron chi connectivity index (χ3n) is 5.04. The Morgan fingerprint density at radius 1 is 0.824 bits per heavy atom. The molecule has 6 heteroatoms. The minimum atomic E-state index is -0.491. The van der Waals surface area contributed by atoms with Gasteiger partial charge in [0.2, 0.25) is 0 Å². The zero-order valence-corrected chi connectivity index (χ0v) is 19.7. The average molecular weight is 460 g/mol. The van der Waals surface area contributed by atoms with Crippen LogP contribution in [0.25, 0.3) is 0 Å². The van der Waals surface area contributed by atoms with Crippen LogP contribution in [0.2, 0.25) is 0 Å². The highest BCUT2D eigenvalue weighted by Crippen LogP contribution is 2.18. The molecule has 34 heavy (non-hydrogen) atoms. The van der Waals surface area contributed by atoms with Crippen molar-refractivity contribution in [2.75, 3.05) is 13.7 Å². The van der Waals surface area contributed by atoms with Gasteiger partial charge in [-0.25, -0.2) is 9.59 Å². The van der Waals surface area contributed by atoms with Gasteiger partial charge in [0.25, 0.3) is 0 Å². The van der Waals surface area contributed by atoms with Crippen LogP contribution in [0.1, 0.15) is 53.0 Å². The number of nitrogens with zero attached hydrogens (tertiary/aromatic N) is 1. The molecule has 0 N–H and O–H groups in total. The molecule has 0 saturated heterocycles. The van der Waals surface area contributed by atoms with Crippen molar-refractivity contribution >= 4 is 23.8 Å². The molecule has 176 valence electrons. The third-order valence-corrected chi connectivity index (χ3v) is 5.04.